The molecule has 0 aliphatic heterocycles. The lowest BCUT2D eigenvalue weighted by Crippen LogP contribution is -2.35. The number of halogens is 2. The number of hydrogen-bond acceptors (Lipinski definition) is 6. The number of benzene rings is 3. The number of sulfonamides is 1. The molecular formula is C29H33Cl2N5O5S. The molecule has 0 saturated heterocycles. The first-order chi connectivity index (χ1) is 19.9. The minimum Gasteiger partial charge on any atom is -0.355 e. The van der Waals surface area contributed by atoms with Crippen molar-refractivity contribution in [3.8, 4) is 0 Å². The Bertz CT molecular complexity index is 1510. The van der Waals surface area contributed by atoms with Crippen LogP contribution in [0.1, 0.15) is 38.3 Å². The normalized spacial score (nSPS) is 11.1. The van der Waals surface area contributed by atoms with E-state index in [4.69, 9.17) is 28.9 Å². The number of nitrogens with zero attached hydrogens (tertiary/aromatic N) is 2. The average Bonchev–Trinajstić information content (AvgIpc) is 2.98. The van der Waals surface area contributed by atoms with Gasteiger partial charge < -0.3 is 21.3 Å². The Labute approximate surface area is 255 Å². The lowest BCUT2D eigenvalue weighted by Gasteiger charge is -2.25. The average molecular weight is 635 g/mol. The van der Waals surface area contributed by atoms with Crippen molar-refractivity contribution < 1.29 is 22.8 Å². The molecule has 13 heteroatoms. The smallest absolute Gasteiger partial charge is 0.253 e. The Balaban J connectivity index is 1.75. The van der Waals surface area contributed by atoms with E-state index in [2.05, 4.69) is 10.6 Å². The Morgan fingerprint density at radius 2 is 1.52 bits per heavy atom. The summed E-state index contributed by atoms with van der Waals surface area (Å²) in [5.74, 6) is -1.09. The van der Waals surface area contributed by atoms with Gasteiger partial charge in [0.25, 0.3) is 11.8 Å². The van der Waals surface area contributed by atoms with Crippen LogP contribution in [-0.2, 0) is 27.9 Å². The molecule has 10 nitrogen and oxygen atoms in total. The first-order valence-electron chi connectivity index (χ1n) is 13.0. The molecule has 0 unspecified atom stereocenters. The SMILES string of the molecule is CN(C)C(=O)c1ccc(CNC(=O)c2ccc(N(Cc3cccc(Cl)c3Cl)S(=O)(=O)CCCNC(=O)CN)cc2)cc1. The van der Waals surface area contributed by atoms with Gasteiger partial charge in [0.1, 0.15) is 0 Å². The number of hydrogen-bond donors (Lipinski definition) is 3. The van der Waals surface area contributed by atoms with Crippen LogP contribution in [0.4, 0.5) is 5.69 Å². The molecular weight excluding hydrogens is 601 g/mol. The zero-order chi connectivity index (χ0) is 30.9. The largest absolute Gasteiger partial charge is 0.355 e. The van der Waals surface area contributed by atoms with Crippen LogP contribution in [0.15, 0.2) is 66.7 Å². The molecule has 0 aliphatic rings. The van der Waals surface area contributed by atoms with Gasteiger partial charge in [-0.2, -0.15) is 0 Å². The summed E-state index contributed by atoms with van der Waals surface area (Å²) in [6, 6.07) is 18.1. The lowest BCUT2D eigenvalue weighted by atomic mass is 10.1. The highest BCUT2D eigenvalue weighted by Gasteiger charge is 2.24. The lowest BCUT2D eigenvalue weighted by molar-refractivity contribution is -0.119. The summed E-state index contributed by atoms with van der Waals surface area (Å²) < 4.78 is 28.1. The second kappa shape index (κ2) is 15.0. The highest BCUT2D eigenvalue weighted by molar-refractivity contribution is 7.92. The molecule has 0 bridgehead atoms. The van der Waals surface area contributed by atoms with Crippen molar-refractivity contribution in [2.24, 2.45) is 5.73 Å². The van der Waals surface area contributed by atoms with Crippen LogP contribution >= 0.6 is 23.2 Å². The number of amides is 3. The van der Waals surface area contributed by atoms with Gasteiger partial charge in [-0.25, -0.2) is 8.42 Å². The molecule has 224 valence electrons. The summed E-state index contributed by atoms with van der Waals surface area (Å²) in [5, 5.41) is 5.92. The molecule has 0 radical (unpaired) electrons. The fourth-order valence-electron chi connectivity index (χ4n) is 3.93. The number of rotatable bonds is 13. The fraction of sp³-hybridized carbons (Fsp3) is 0.276. The molecule has 4 N–H and O–H groups in total. The van der Waals surface area contributed by atoms with Gasteiger partial charge in [0, 0.05) is 38.3 Å². The predicted octanol–water partition coefficient (Wildman–Crippen LogP) is 3.43. The molecule has 3 amide bonds. The molecule has 0 saturated carbocycles. The van der Waals surface area contributed by atoms with Crippen LogP contribution in [0.3, 0.4) is 0 Å². The quantitative estimate of drug-likeness (QED) is 0.246. The van der Waals surface area contributed by atoms with Crippen molar-refractivity contribution in [2.75, 3.05) is 37.2 Å². The highest BCUT2D eigenvalue weighted by Crippen LogP contribution is 2.30. The van der Waals surface area contributed by atoms with E-state index < -0.39 is 10.0 Å². The molecule has 0 heterocycles. The molecule has 0 spiro atoms. The minimum atomic E-state index is -3.88. The van der Waals surface area contributed by atoms with E-state index in [0.29, 0.717) is 27.4 Å². The summed E-state index contributed by atoms with van der Waals surface area (Å²) >= 11 is 12.5. The summed E-state index contributed by atoms with van der Waals surface area (Å²) in [6.07, 6.45) is 0.165. The summed E-state index contributed by atoms with van der Waals surface area (Å²) in [5.41, 5.74) is 7.81. The van der Waals surface area contributed by atoms with Crippen molar-refractivity contribution >= 4 is 56.6 Å². The molecule has 3 rings (SSSR count). The maximum atomic E-state index is 13.4. The van der Waals surface area contributed by atoms with E-state index in [0.717, 1.165) is 5.56 Å². The summed E-state index contributed by atoms with van der Waals surface area (Å²) in [7, 11) is -0.531. The Hall–Kier alpha value is -3.64. The monoisotopic (exact) mass is 633 g/mol. The van der Waals surface area contributed by atoms with E-state index in [-0.39, 0.29) is 61.1 Å². The van der Waals surface area contributed by atoms with E-state index in [1.165, 1.54) is 21.3 Å². The van der Waals surface area contributed by atoms with E-state index >= 15 is 0 Å². The molecule has 0 fully saturated rings. The van der Waals surface area contributed by atoms with Gasteiger partial charge in [-0.3, -0.25) is 18.7 Å². The number of nitrogens with one attached hydrogen (secondary N) is 2. The molecule has 42 heavy (non-hydrogen) atoms. The van der Waals surface area contributed by atoms with Gasteiger partial charge >= 0.3 is 0 Å². The maximum absolute atomic E-state index is 13.4. The second-order valence-corrected chi connectivity index (χ2v) is 12.4. The topological polar surface area (TPSA) is 142 Å². The molecule has 0 atom stereocenters. The zero-order valence-corrected chi connectivity index (χ0v) is 25.6. The van der Waals surface area contributed by atoms with Crippen LogP contribution in [0, 0.1) is 0 Å². The van der Waals surface area contributed by atoms with Crippen molar-refractivity contribution in [2.45, 2.75) is 19.5 Å². The fourth-order valence-corrected chi connectivity index (χ4v) is 5.82. The van der Waals surface area contributed by atoms with E-state index in [1.807, 2.05) is 0 Å². The van der Waals surface area contributed by atoms with Crippen LogP contribution in [0.25, 0.3) is 0 Å². The van der Waals surface area contributed by atoms with Gasteiger partial charge in [-0.05, 0) is 60.0 Å². The third-order valence-corrected chi connectivity index (χ3v) is 8.92. The predicted molar refractivity (Wildman–Crippen MR) is 165 cm³/mol. The van der Waals surface area contributed by atoms with Crippen LogP contribution in [-0.4, -0.2) is 64.0 Å². The van der Waals surface area contributed by atoms with Gasteiger partial charge in [0.2, 0.25) is 15.9 Å². The minimum absolute atomic E-state index is 0.0885. The summed E-state index contributed by atoms with van der Waals surface area (Å²) in [4.78, 5) is 37.8. The summed E-state index contributed by atoms with van der Waals surface area (Å²) in [6.45, 7) is 0.116. The first-order valence-corrected chi connectivity index (χ1v) is 15.4. The standard InChI is InChI=1S/C29H33Cl2N5O5S/c1-35(2)29(39)22-9-7-20(8-10-22)18-34-28(38)21-11-13-24(14-12-21)36(19-23-5-3-6-25(30)27(23)31)42(40,41)16-4-15-33-26(37)17-32/h3,5-14H,4,15-19,32H2,1-2H3,(H,33,37)(H,34,38). The highest BCUT2D eigenvalue weighted by atomic mass is 35.5. The van der Waals surface area contributed by atoms with Gasteiger partial charge in [-0.15, -0.1) is 0 Å². The third kappa shape index (κ3) is 8.93. The van der Waals surface area contributed by atoms with E-state index in [9.17, 15) is 22.8 Å². The third-order valence-electron chi connectivity index (χ3n) is 6.25. The van der Waals surface area contributed by atoms with Crippen LogP contribution in [0.2, 0.25) is 10.0 Å². The van der Waals surface area contributed by atoms with Crippen LogP contribution < -0.4 is 20.7 Å². The Morgan fingerprint density at radius 1 is 0.881 bits per heavy atom. The second-order valence-electron chi connectivity index (χ2n) is 9.57. The number of carbonyl (C=O) groups is 3. The Morgan fingerprint density at radius 3 is 2.14 bits per heavy atom. The number of nitrogens with two attached hydrogens (primary N) is 1. The first kappa shape index (κ1) is 32.9. The van der Waals surface area contributed by atoms with Crippen molar-refractivity contribution in [1.29, 1.82) is 0 Å². The number of anilines is 1. The zero-order valence-electron chi connectivity index (χ0n) is 23.3. The van der Waals surface area contributed by atoms with Gasteiger partial charge in [0.15, 0.2) is 0 Å². The number of carbonyl (C=O) groups excluding carboxylic acids is 3. The van der Waals surface area contributed by atoms with Crippen molar-refractivity contribution in [3.05, 3.63) is 99.0 Å². The van der Waals surface area contributed by atoms with Gasteiger partial charge in [-0.1, -0.05) is 47.5 Å². The maximum Gasteiger partial charge on any atom is 0.253 e. The molecule has 3 aromatic rings. The molecule has 3 aromatic carbocycles. The Kier molecular flexibility index (Phi) is 11.7. The van der Waals surface area contributed by atoms with Crippen molar-refractivity contribution in [3.63, 3.8) is 0 Å². The van der Waals surface area contributed by atoms with Crippen molar-refractivity contribution in [1.82, 2.24) is 15.5 Å². The molecule has 0 aliphatic carbocycles. The molecule has 0 aromatic heterocycles. The van der Waals surface area contributed by atoms with E-state index in [1.54, 1.807) is 68.7 Å². The van der Waals surface area contributed by atoms with Gasteiger partial charge in [0.05, 0.1) is 34.6 Å². The van der Waals surface area contributed by atoms with Crippen LogP contribution in [0.5, 0.6) is 0 Å².